The Morgan fingerprint density at radius 3 is 2.52 bits per heavy atom. The van der Waals surface area contributed by atoms with E-state index in [0.717, 1.165) is 5.56 Å². The van der Waals surface area contributed by atoms with Crippen molar-refractivity contribution in [2.45, 2.75) is 77.1 Å². The molecule has 0 aromatic heterocycles. The van der Waals surface area contributed by atoms with Gasteiger partial charge in [-0.2, -0.15) is 0 Å². The van der Waals surface area contributed by atoms with Crippen molar-refractivity contribution in [3.8, 4) is 0 Å². The number of hydrogen-bond acceptors (Lipinski definition) is 6. The standard InChI is InChI=1S/C25H35NO6Si/c1-16(32-33(5,6)25(2,3)4)22-21(27)20-18(23(28)31-22)13-10-14-19(20)26-24(29)30-15-17-11-8-7-9-12-17/h7-12,14,16,18-20,22H,13,15H2,1-6H3,(H,26,29)/t16-,18+,19-,20+,22+/m1/s1. The molecular weight excluding hydrogens is 438 g/mol. The molecule has 1 aliphatic carbocycles. The quantitative estimate of drug-likeness (QED) is 0.375. The molecule has 1 aliphatic heterocycles. The second kappa shape index (κ2) is 9.81. The summed E-state index contributed by atoms with van der Waals surface area (Å²) in [6.07, 6.45) is 1.76. The van der Waals surface area contributed by atoms with Gasteiger partial charge in [-0.15, -0.1) is 0 Å². The van der Waals surface area contributed by atoms with Gasteiger partial charge in [0.25, 0.3) is 0 Å². The lowest BCUT2D eigenvalue weighted by molar-refractivity contribution is -0.178. The first kappa shape index (κ1) is 25.2. The molecule has 180 valence electrons. The summed E-state index contributed by atoms with van der Waals surface area (Å²) in [6, 6.07) is 8.69. The molecular formula is C25H35NO6Si. The van der Waals surface area contributed by atoms with Gasteiger partial charge in [0.1, 0.15) is 6.61 Å². The van der Waals surface area contributed by atoms with Crippen LogP contribution in [-0.2, 0) is 30.1 Å². The first-order valence-electron chi connectivity index (χ1n) is 11.5. The van der Waals surface area contributed by atoms with Gasteiger partial charge in [0.05, 0.1) is 24.0 Å². The molecule has 0 spiro atoms. The number of esters is 1. The fourth-order valence-corrected chi connectivity index (χ4v) is 5.44. The number of hydrogen-bond donors (Lipinski definition) is 1. The van der Waals surface area contributed by atoms with E-state index in [2.05, 4.69) is 39.2 Å². The highest BCUT2D eigenvalue weighted by Crippen LogP contribution is 2.40. The number of ether oxygens (including phenoxy) is 2. The average Bonchev–Trinajstić information content (AvgIpc) is 2.74. The molecule has 1 aromatic rings. The maximum atomic E-state index is 13.5. The summed E-state index contributed by atoms with van der Waals surface area (Å²) in [6.45, 7) is 12.4. The summed E-state index contributed by atoms with van der Waals surface area (Å²) in [5, 5.41) is 2.71. The third-order valence-electron chi connectivity index (χ3n) is 6.92. The van der Waals surface area contributed by atoms with Crippen LogP contribution in [0.1, 0.15) is 39.7 Å². The molecule has 1 saturated heterocycles. The van der Waals surface area contributed by atoms with Crippen LogP contribution in [-0.4, -0.2) is 44.4 Å². The number of ketones is 1. The topological polar surface area (TPSA) is 90.9 Å². The largest absolute Gasteiger partial charge is 0.451 e. The van der Waals surface area contributed by atoms with Gasteiger partial charge >= 0.3 is 12.1 Å². The number of benzene rings is 1. The second-order valence-electron chi connectivity index (χ2n) is 10.4. The van der Waals surface area contributed by atoms with Crippen LogP contribution in [0.3, 0.4) is 0 Å². The van der Waals surface area contributed by atoms with Gasteiger partial charge in [0.15, 0.2) is 20.2 Å². The van der Waals surface area contributed by atoms with Crippen LogP contribution in [0.2, 0.25) is 18.1 Å². The zero-order chi connectivity index (χ0) is 24.4. The summed E-state index contributed by atoms with van der Waals surface area (Å²) in [5.74, 6) is -1.98. The van der Waals surface area contributed by atoms with Crippen LogP contribution in [0.5, 0.6) is 0 Å². The molecule has 3 rings (SSSR count). The van der Waals surface area contributed by atoms with Crippen molar-refractivity contribution in [2.75, 3.05) is 0 Å². The maximum absolute atomic E-state index is 13.5. The molecule has 0 saturated carbocycles. The lowest BCUT2D eigenvalue weighted by atomic mass is 9.73. The molecule has 1 fully saturated rings. The molecule has 1 N–H and O–H groups in total. The van der Waals surface area contributed by atoms with Crippen molar-refractivity contribution in [1.29, 1.82) is 0 Å². The Labute approximate surface area is 197 Å². The zero-order valence-electron chi connectivity index (χ0n) is 20.3. The lowest BCUT2D eigenvalue weighted by Crippen LogP contribution is -2.59. The van der Waals surface area contributed by atoms with Crippen LogP contribution in [0, 0.1) is 11.8 Å². The second-order valence-corrected chi connectivity index (χ2v) is 15.1. The van der Waals surface area contributed by atoms with Crippen molar-refractivity contribution in [2.24, 2.45) is 11.8 Å². The van der Waals surface area contributed by atoms with E-state index >= 15 is 0 Å². The van der Waals surface area contributed by atoms with E-state index in [0.29, 0.717) is 6.42 Å². The van der Waals surface area contributed by atoms with Gasteiger partial charge < -0.3 is 19.2 Å². The number of amides is 1. The fraction of sp³-hybridized carbons (Fsp3) is 0.560. The molecule has 8 heteroatoms. The van der Waals surface area contributed by atoms with Gasteiger partial charge in [-0.25, -0.2) is 4.79 Å². The predicted octanol–water partition coefficient (Wildman–Crippen LogP) is 4.38. The number of fused-ring (bicyclic) bond motifs is 1. The predicted molar refractivity (Wildman–Crippen MR) is 127 cm³/mol. The summed E-state index contributed by atoms with van der Waals surface area (Å²) >= 11 is 0. The first-order chi connectivity index (χ1) is 15.4. The third kappa shape index (κ3) is 5.73. The number of nitrogens with one attached hydrogen (secondary N) is 1. The number of rotatable bonds is 6. The molecule has 1 heterocycles. The monoisotopic (exact) mass is 473 g/mol. The van der Waals surface area contributed by atoms with Gasteiger partial charge in [-0.3, -0.25) is 9.59 Å². The van der Waals surface area contributed by atoms with E-state index in [1.807, 2.05) is 30.3 Å². The Hall–Kier alpha value is -2.45. The Balaban J connectivity index is 1.70. The summed E-state index contributed by atoms with van der Waals surface area (Å²) in [4.78, 5) is 38.7. The summed E-state index contributed by atoms with van der Waals surface area (Å²) < 4.78 is 17.3. The van der Waals surface area contributed by atoms with Crippen LogP contribution in [0.15, 0.2) is 42.5 Å². The lowest BCUT2D eigenvalue weighted by Gasteiger charge is -2.43. The van der Waals surface area contributed by atoms with E-state index < -0.39 is 50.5 Å². The smallest absolute Gasteiger partial charge is 0.407 e. The average molecular weight is 474 g/mol. The van der Waals surface area contributed by atoms with E-state index in [4.69, 9.17) is 13.9 Å². The number of cyclic esters (lactones) is 1. The van der Waals surface area contributed by atoms with Crippen molar-refractivity contribution in [3.05, 3.63) is 48.0 Å². The highest BCUT2D eigenvalue weighted by molar-refractivity contribution is 6.74. The van der Waals surface area contributed by atoms with Crippen LogP contribution in [0.4, 0.5) is 4.79 Å². The van der Waals surface area contributed by atoms with Crippen LogP contribution >= 0.6 is 0 Å². The van der Waals surface area contributed by atoms with Gasteiger partial charge in [0.2, 0.25) is 0 Å². The Morgan fingerprint density at radius 1 is 1.21 bits per heavy atom. The number of carbonyl (C=O) groups is 3. The minimum absolute atomic E-state index is 0.0499. The van der Waals surface area contributed by atoms with Crippen molar-refractivity contribution < 1.29 is 28.3 Å². The summed E-state index contributed by atoms with van der Waals surface area (Å²) in [7, 11) is -2.18. The van der Waals surface area contributed by atoms with E-state index in [9.17, 15) is 14.4 Å². The third-order valence-corrected chi connectivity index (χ3v) is 11.5. The van der Waals surface area contributed by atoms with Crippen molar-refractivity contribution >= 4 is 26.2 Å². The number of allylic oxidation sites excluding steroid dienone is 1. The molecule has 1 aromatic carbocycles. The minimum Gasteiger partial charge on any atom is -0.451 e. The van der Waals surface area contributed by atoms with Gasteiger partial charge in [-0.1, -0.05) is 63.3 Å². The van der Waals surface area contributed by atoms with E-state index in [1.54, 1.807) is 19.1 Å². The van der Waals surface area contributed by atoms with Crippen molar-refractivity contribution in [1.82, 2.24) is 5.32 Å². The molecule has 0 radical (unpaired) electrons. The van der Waals surface area contributed by atoms with E-state index in [-0.39, 0.29) is 17.4 Å². The van der Waals surface area contributed by atoms with Gasteiger partial charge in [0, 0.05) is 0 Å². The normalized spacial score (nSPS) is 26.2. The maximum Gasteiger partial charge on any atom is 0.407 e. The molecule has 33 heavy (non-hydrogen) atoms. The molecule has 0 unspecified atom stereocenters. The Kier molecular flexibility index (Phi) is 7.48. The fourth-order valence-electron chi connectivity index (χ4n) is 4.04. The molecule has 7 nitrogen and oxygen atoms in total. The molecule has 0 bridgehead atoms. The SMILES string of the molecule is C[C@@H](O[Si](C)(C)C(C)(C)C)[C@@H]1OC(=O)[C@H]2CC=C[C@@H](NC(=O)OCc3ccccc3)[C@H]2C1=O. The zero-order valence-corrected chi connectivity index (χ0v) is 21.3. The number of carbonyl (C=O) groups excluding carboxylic acids is 3. The van der Waals surface area contributed by atoms with Gasteiger partial charge in [-0.05, 0) is 37.0 Å². The minimum atomic E-state index is -2.18. The first-order valence-corrected chi connectivity index (χ1v) is 14.4. The molecule has 2 aliphatic rings. The highest BCUT2D eigenvalue weighted by atomic mass is 28.4. The number of alkyl carbamates (subject to hydrolysis) is 1. The van der Waals surface area contributed by atoms with Crippen LogP contribution < -0.4 is 5.32 Å². The Bertz CT molecular complexity index is 907. The number of Topliss-reactive ketones (excluding diaryl/α,β-unsaturated/α-hetero) is 1. The molecule has 5 atom stereocenters. The van der Waals surface area contributed by atoms with E-state index in [1.165, 1.54) is 0 Å². The van der Waals surface area contributed by atoms with Crippen LogP contribution in [0.25, 0.3) is 0 Å². The van der Waals surface area contributed by atoms with Crippen molar-refractivity contribution in [3.63, 3.8) is 0 Å². The highest BCUT2D eigenvalue weighted by Gasteiger charge is 2.52. The Morgan fingerprint density at radius 2 is 1.88 bits per heavy atom. The molecule has 1 amide bonds. The summed E-state index contributed by atoms with van der Waals surface area (Å²) in [5.41, 5.74) is 0.860.